The molecule has 1 saturated carbocycles. The van der Waals surface area contributed by atoms with Crippen molar-refractivity contribution in [3.05, 3.63) is 35.2 Å². The van der Waals surface area contributed by atoms with Gasteiger partial charge in [-0.2, -0.15) is 0 Å². The first-order valence-electron chi connectivity index (χ1n) is 6.64. The fourth-order valence-electron chi connectivity index (χ4n) is 2.34. The summed E-state index contributed by atoms with van der Waals surface area (Å²) in [4.78, 5) is 20.9. The summed E-state index contributed by atoms with van der Waals surface area (Å²) >= 11 is 0. The summed E-state index contributed by atoms with van der Waals surface area (Å²) in [5.74, 6) is 0.140. The van der Waals surface area contributed by atoms with E-state index in [1.165, 1.54) is 0 Å². The molecular weight excluding hydrogens is 240 g/mol. The largest absolute Gasteiger partial charge is 0.462 e. The Morgan fingerprint density at radius 3 is 2.89 bits per heavy atom. The van der Waals surface area contributed by atoms with E-state index >= 15 is 0 Å². The highest BCUT2D eigenvalue weighted by molar-refractivity contribution is 5.96. The van der Waals surface area contributed by atoms with Gasteiger partial charge >= 0.3 is 5.97 Å². The van der Waals surface area contributed by atoms with E-state index in [9.17, 15) is 4.79 Å². The lowest BCUT2D eigenvalue weighted by molar-refractivity contribution is 0.0525. The number of esters is 1. The predicted molar refractivity (Wildman–Crippen MR) is 72.2 cm³/mol. The Bertz CT molecular complexity index is 648. The first kappa shape index (κ1) is 12.1. The second-order valence-corrected chi connectivity index (χ2v) is 4.90. The first-order chi connectivity index (χ1) is 9.20. The average molecular weight is 256 g/mol. The van der Waals surface area contributed by atoms with Gasteiger partial charge in [-0.3, -0.25) is 9.97 Å². The van der Waals surface area contributed by atoms with E-state index < -0.39 is 0 Å². The Morgan fingerprint density at radius 1 is 1.42 bits per heavy atom. The normalized spacial score (nSPS) is 14.6. The molecule has 0 bridgehead atoms. The molecule has 1 aliphatic rings. The van der Waals surface area contributed by atoms with E-state index in [2.05, 4.69) is 9.97 Å². The van der Waals surface area contributed by atoms with Crippen LogP contribution < -0.4 is 0 Å². The lowest BCUT2D eigenvalue weighted by Gasteiger charge is -2.10. The molecule has 4 nitrogen and oxygen atoms in total. The Hall–Kier alpha value is -1.97. The minimum Gasteiger partial charge on any atom is -0.462 e. The van der Waals surface area contributed by atoms with Crippen molar-refractivity contribution in [2.45, 2.75) is 32.6 Å². The lowest BCUT2D eigenvalue weighted by atomic mass is 10.0. The van der Waals surface area contributed by atoms with Gasteiger partial charge in [0.25, 0.3) is 0 Å². The molecule has 2 aromatic heterocycles. The van der Waals surface area contributed by atoms with Crippen molar-refractivity contribution in [3.63, 3.8) is 0 Å². The maximum atomic E-state index is 12.0. The van der Waals surface area contributed by atoms with Crippen molar-refractivity contribution in [2.24, 2.45) is 0 Å². The number of aromatic nitrogens is 2. The van der Waals surface area contributed by atoms with Crippen LogP contribution in [0.25, 0.3) is 11.0 Å². The van der Waals surface area contributed by atoms with Gasteiger partial charge in [-0.15, -0.1) is 0 Å². The van der Waals surface area contributed by atoms with Crippen LogP contribution in [-0.2, 0) is 4.74 Å². The third-order valence-corrected chi connectivity index (χ3v) is 3.37. The van der Waals surface area contributed by atoms with E-state index in [-0.39, 0.29) is 5.97 Å². The summed E-state index contributed by atoms with van der Waals surface area (Å²) in [7, 11) is 0. The van der Waals surface area contributed by atoms with Gasteiger partial charge in [0.2, 0.25) is 0 Å². The summed E-state index contributed by atoms with van der Waals surface area (Å²) in [6.45, 7) is 4.14. The van der Waals surface area contributed by atoms with Crippen LogP contribution >= 0.6 is 0 Å². The fraction of sp³-hybridized carbons (Fsp3) is 0.400. The molecule has 98 valence electrons. The van der Waals surface area contributed by atoms with Crippen LogP contribution in [0.5, 0.6) is 0 Å². The van der Waals surface area contributed by atoms with E-state index in [0.717, 1.165) is 35.1 Å². The molecule has 0 aromatic carbocycles. The standard InChI is InChI=1S/C15H16N2O2/c1-3-19-15(18)11-8-16-12-7-4-9(2)17-14(12)13(11)10-5-6-10/h4,7-8,10H,3,5-6H2,1-2H3. The van der Waals surface area contributed by atoms with Gasteiger partial charge in [0, 0.05) is 11.9 Å². The third kappa shape index (κ3) is 2.18. The predicted octanol–water partition coefficient (Wildman–Crippen LogP) is 2.99. The van der Waals surface area contributed by atoms with Gasteiger partial charge in [-0.25, -0.2) is 4.79 Å². The number of ether oxygens (including phenoxy) is 1. The molecule has 19 heavy (non-hydrogen) atoms. The number of rotatable bonds is 3. The Labute approximate surface area is 111 Å². The Morgan fingerprint density at radius 2 is 2.21 bits per heavy atom. The number of fused-ring (bicyclic) bond motifs is 1. The molecule has 0 N–H and O–H groups in total. The van der Waals surface area contributed by atoms with Crippen LogP contribution in [0.2, 0.25) is 0 Å². The van der Waals surface area contributed by atoms with Crippen LogP contribution in [0.1, 0.15) is 47.3 Å². The molecule has 0 atom stereocenters. The summed E-state index contributed by atoms with van der Waals surface area (Å²) in [6.07, 6.45) is 3.85. The van der Waals surface area contributed by atoms with Crippen LogP contribution in [-0.4, -0.2) is 22.5 Å². The average Bonchev–Trinajstić information content (AvgIpc) is 3.21. The SMILES string of the molecule is CCOC(=O)c1cnc2ccc(C)nc2c1C1CC1. The minimum atomic E-state index is -0.290. The van der Waals surface area contributed by atoms with Crippen molar-refractivity contribution in [1.29, 1.82) is 0 Å². The van der Waals surface area contributed by atoms with Crippen molar-refractivity contribution < 1.29 is 9.53 Å². The molecule has 0 unspecified atom stereocenters. The van der Waals surface area contributed by atoms with Crippen LogP contribution in [0, 0.1) is 6.92 Å². The fourth-order valence-corrected chi connectivity index (χ4v) is 2.34. The van der Waals surface area contributed by atoms with E-state index in [0.29, 0.717) is 18.1 Å². The molecule has 2 aromatic rings. The monoisotopic (exact) mass is 256 g/mol. The zero-order valence-electron chi connectivity index (χ0n) is 11.1. The topological polar surface area (TPSA) is 52.1 Å². The van der Waals surface area contributed by atoms with Gasteiger partial charge in [-0.1, -0.05) is 0 Å². The van der Waals surface area contributed by atoms with Gasteiger partial charge in [0.1, 0.15) is 0 Å². The molecule has 0 amide bonds. The molecule has 1 fully saturated rings. The van der Waals surface area contributed by atoms with Gasteiger partial charge < -0.3 is 4.74 Å². The number of aryl methyl sites for hydroxylation is 1. The highest BCUT2D eigenvalue weighted by Crippen LogP contribution is 2.44. The Kier molecular flexibility index (Phi) is 2.93. The summed E-state index contributed by atoms with van der Waals surface area (Å²) in [6, 6.07) is 3.90. The number of hydrogen-bond acceptors (Lipinski definition) is 4. The number of carbonyl (C=O) groups is 1. The molecule has 0 spiro atoms. The van der Waals surface area contributed by atoms with E-state index in [1.54, 1.807) is 6.20 Å². The summed E-state index contributed by atoms with van der Waals surface area (Å²) in [5, 5.41) is 0. The number of hydrogen-bond donors (Lipinski definition) is 0. The molecule has 0 radical (unpaired) electrons. The lowest BCUT2D eigenvalue weighted by Crippen LogP contribution is -2.09. The second-order valence-electron chi connectivity index (χ2n) is 4.90. The maximum Gasteiger partial charge on any atom is 0.340 e. The maximum absolute atomic E-state index is 12.0. The quantitative estimate of drug-likeness (QED) is 0.792. The van der Waals surface area contributed by atoms with E-state index in [4.69, 9.17) is 4.74 Å². The molecule has 4 heteroatoms. The Balaban J connectivity index is 2.22. The molecule has 3 rings (SSSR count). The number of pyridine rings is 2. The van der Waals surface area contributed by atoms with Crippen LogP contribution in [0.15, 0.2) is 18.3 Å². The van der Waals surface area contributed by atoms with E-state index in [1.807, 2.05) is 26.0 Å². The molecule has 2 heterocycles. The molecule has 0 aliphatic heterocycles. The second kappa shape index (κ2) is 4.61. The smallest absolute Gasteiger partial charge is 0.340 e. The van der Waals surface area contributed by atoms with Crippen molar-refractivity contribution >= 4 is 17.0 Å². The highest BCUT2D eigenvalue weighted by Gasteiger charge is 2.31. The van der Waals surface area contributed by atoms with Crippen molar-refractivity contribution in [2.75, 3.05) is 6.61 Å². The zero-order valence-corrected chi connectivity index (χ0v) is 11.1. The minimum absolute atomic E-state index is 0.290. The third-order valence-electron chi connectivity index (χ3n) is 3.37. The summed E-state index contributed by atoms with van der Waals surface area (Å²) < 4.78 is 5.12. The molecule has 0 saturated heterocycles. The van der Waals surface area contributed by atoms with Crippen molar-refractivity contribution in [3.8, 4) is 0 Å². The molecule has 1 aliphatic carbocycles. The van der Waals surface area contributed by atoms with Gasteiger partial charge in [0.05, 0.1) is 23.2 Å². The van der Waals surface area contributed by atoms with Gasteiger partial charge in [0.15, 0.2) is 0 Å². The van der Waals surface area contributed by atoms with Crippen LogP contribution in [0.3, 0.4) is 0 Å². The van der Waals surface area contributed by atoms with Gasteiger partial charge in [-0.05, 0) is 50.3 Å². The van der Waals surface area contributed by atoms with Crippen LogP contribution in [0.4, 0.5) is 0 Å². The number of nitrogens with zero attached hydrogens (tertiary/aromatic N) is 2. The first-order valence-corrected chi connectivity index (χ1v) is 6.64. The zero-order chi connectivity index (χ0) is 13.4. The van der Waals surface area contributed by atoms with Crippen molar-refractivity contribution in [1.82, 2.24) is 9.97 Å². The number of carbonyl (C=O) groups excluding carboxylic acids is 1. The molecular formula is C15H16N2O2. The highest BCUT2D eigenvalue weighted by atomic mass is 16.5. The summed E-state index contributed by atoms with van der Waals surface area (Å²) in [5.41, 5.74) is 4.24.